The number of anilines is 3. The first-order chi connectivity index (χ1) is 17.2. The fourth-order valence-electron chi connectivity index (χ4n) is 3.53. The lowest BCUT2D eigenvalue weighted by Crippen LogP contribution is -2.11. The van der Waals surface area contributed by atoms with Gasteiger partial charge < -0.3 is 15.4 Å². The zero-order chi connectivity index (χ0) is 24.0. The topological polar surface area (TPSA) is 80.5 Å². The van der Waals surface area contributed by atoms with Crippen molar-refractivity contribution in [3.05, 3.63) is 121 Å². The predicted molar refractivity (Wildman–Crippen MR) is 136 cm³/mol. The molecule has 0 fully saturated rings. The van der Waals surface area contributed by atoms with Crippen molar-refractivity contribution in [2.24, 2.45) is 0 Å². The molecular weight excluding hydrogens is 438 g/mol. The van der Waals surface area contributed by atoms with Gasteiger partial charge in [0, 0.05) is 46.6 Å². The maximum atomic E-state index is 12.7. The quantitative estimate of drug-likeness (QED) is 0.269. The van der Waals surface area contributed by atoms with Crippen molar-refractivity contribution in [1.82, 2.24) is 9.97 Å². The summed E-state index contributed by atoms with van der Waals surface area (Å²) >= 11 is 0. The van der Waals surface area contributed by atoms with Crippen LogP contribution in [0.4, 0.5) is 22.7 Å². The van der Waals surface area contributed by atoms with E-state index in [1.165, 1.54) is 0 Å². The van der Waals surface area contributed by atoms with E-state index in [0.29, 0.717) is 28.4 Å². The smallest absolute Gasteiger partial charge is 0.255 e. The summed E-state index contributed by atoms with van der Waals surface area (Å²) in [6, 6.07) is 25.2. The average molecular weight is 457 g/mol. The first kappa shape index (κ1) is 21.6. The minimum atomic E-state index is -0.213. The van der Waals surface area contributed by atoms with Crippen LogP contribution in [0.25, 0.3) is 15.7 Å². The SMILES string of the molecule is [C-]#[N+]c1ccc2nccc(Nc3ccc(C(=O)Nc4ccc(Oc5ccncc5)cc4)cc3)c2c1. The molecule has 0 aliphatic rings. The summed E-state index contributed by atoms with van der Waals surface area (Å²) in [6.45, 7) is 7.25. The molecule has 7 nitrogen and oxygen atoms in total. The Balaban J connectivity index is 1.25. The zero-order valence-corrected chi connectivity index (χ0v) is 18.5. The molecule has 0 unspecified atom stereocenters. The minimum absolute atomic E-state index is 0.213. The van der Waals surface area contributed by atoms with Crippen molar-refractivity contribution < 1.29 is 9.53 Å². The van der Waals surface area contributed by atoms with Crippen LogP contribution in [-0.4, -0.2) is 15.9 Å². The molecule has 0 saturated heterocycles. The summed E-state index contributed by atoms with van der Waals surface area (Å²) in [4.78, 5) is 24.5. The summed E-state index contributed by atoms with van der Waals surface area (Å²) in [5.74, 6) is 1.14. The van der Waals surface area contributed by atoms with Gasteiger partial charge in [0.25, 0.3) is 5.91 Å². The van der Waals surface area contributed by atoms with Gasteiger partial charge in [-0.15, -0.1) is 0 Å². The second kappa shape index (κ2) is 9.73. The number of pyridine rings is 2. The molecule has 0 bridgehead atoms. The number of ether oxygens (including phenoxy) is 1. The minimum Gasteiger partial charge on any atom is -0.457 e. The van der Waals surface area contributed by atoms with Crippen molar-refractivity contribution >= 4 is 39.6 Å². The standard InChI is InChI=1S/C28H19N5O2/c1-29-22-8-11-26-25(18-22)27(14-17-31-26)32-20-4-2-19(3-5-20)28(34)33-21-6-9-23(10-7-21)35-24-12-15-30-16-13-24/h2-18H,(H,31,32)(H,33,34). The molecule has 2 N–H and O–H groups in total. The number of carbonyl (C=O) groups is 1. The van der Waals surface area contributed by atoms with Crippen LogP contribution in [0.5, 0.6) is 11.5 Å². The third kappa shape index (κ3) is 5.07. The fourth-order valence-corrected chi connectivity index (χ4v) is 3.53. The molecule has 0 saturated carbocycles. The second-order valence-corrected chi connectivity index (χ2v) is 7.64. The molecule has 5 rings (SSSR count). The van der Waals surface area contributed by atoms with E-state index in [1.807, 2.05) is 30.3 Å². The molecule has 0 aliphatic heterocycles. The highest BCUT2D eigenvalue weighted by atomic mass is 16.5. The van der Waals surface area contributed by atoms with Crippen LogP contribution >= 0.6 is 0 Å². The van der Waals surface area contributed by atoms with Gasteiger partial charge in [-0.2, -0.15) is 0 Å². The maximum absolute atomic E-state index is 12.7. The van der Waals surface area contributed by atoms with E-state index in [2.05, 4.69) is 25.4 Å². The molecule has 0 atom stereocenters. The van der Waals surface area contributed by atoms with Gasteiger partial charge in [-0.3, -0.25) is 14.8 Å². The van der Waals surface area contributed by atoms with E-state index in [-0.39, 0.29) is 5.91 Å². The van der Waals surface area contributed by atoms with Crippen LogP contribution in [0, 0.1) is 6.57 Å². The Morgan fingerprint density at radius 1 is 0.800 bits per heavy atom. The van der Waals surface area contributed by atoms with Crippen LogP contribution in [0.15, 0.2) is 104 Å². The van der Waals surface area contributed by atoms with Crippen LogP contribution in [0.2, 0.25) is 0 Å². The van der Waals surface area contributed by atoms with E-state index < -0.39 is 0 Å². The fraction of sp³-hybridized carbons (Fsp3) is 0. The van der Waals surface area contributed by atoms with Gasteiger partial charge >= 0.3 is 0 Å². The second-order valence-electron chi connectivity index (χ2n) is 7.64. The van der Waals surface area contributed by atoms with Crippen molar-refractivity contribution in [1.29, 1.82) is 0 Å². The molecule has 7 heteroatoms. The number of aromatic nitrogens is 2. The molecular formula is C28H19N5O2. The van der Waals surface area contributed by atoms with E-state index in [1.54, 1.807) is 73.2 Å². The van der Waals surface area contributed by atoms with Gasteiger partial charge in [0.15, 0.2) is 5.69 Å². The number of nitrogens with zero attached hydrogens (tertiary/aromatic N) is 3. The first-order valence-electron chi connectivity index (χ1n) is 10.8. The van der Waals surface area contributed by atoms with Gasteiger partial charge in [-0.1, -0.05) is 6.07 Å². The van der Waals surface area contributed by atoms with Gasteiger partial charge in [0.2, 0.25) is 0 Å². The summed E-state index contributed by atoms with van der Waals surface area (Å²) in [7, 11) is 0. The highest BCUT2D eigenvalue weighted by molar-refractivity contribution is 6.04. The van der Waals surface area contributed by atoms with Gasteiger partial charge in [-0.25, -0.2) is 4.85 Å². The third-order valence-electron chi connectivity index (χ3n) is 5.28. The highest BCUT2D eigenvalue weighted by Crippen LogP contribution is 2.29. The molecule has 3 aromatic carbocycles. The van der Waals surface area contributed by atoms with Crippen LogP contribution < -0.4 is 15.4 Å². The number of amides is 1. The Morgan fingerprint density at radius 2 is 1.51 bits per heavy atom. The van der Waals surface area contributed by atoms with E-state index >= 15 is 0 Å². The third-order valence-corrected chi connectivity index (χ3v) is 5.28. The Bertz CT molecular complexity index is 1530. The van der Waals surface area contributed by atoms with Gasteiger partial charge in [0.05, 0.1) is 12.1 Å². The normalized spacial score (nSPS) is 10.4. The predicted octanol–water partition coefficient (Wildman–Crippen LogP) is 6.97. The largest absolute Gasteiger partial charge is 0.457 e. The molecule has 168 valence electrons. The highest BCUT2D eigenvalue weighted by Gasteiger charge is 2.08. The number of fused-ring (bicyclic) bond motifs is 1. The monoisotopic (exact) mass is 457 g/mol. The van der Waals surface area contributed by atoms with Crippen molar-refractivity contribution in [2.45, 2.75) is 0 Å². The number of rotatable bonds is 6. The lowest BCUT2D eigenvalue weighted by molar-refractivity contribution is 0.102. The zero-order valence-electron chi connectivity index (χ0n) is 18.5. The number of hydrogen-bond donors (Lipinski definition) is 2. The molecule has 35 heavy (non-hydrogen) atoms. The summed E-state index contributed by atoms with van der Waals surface area (Å²) in [5.41, 5.74) is 4.21. The maximum Gasteiger partial charge on any atom is 0.255 e. The van der Waals surface area contributed by atoms with Gasteiger partial charge in [0.1, 0.15) is 11.5 Å². The summed E-state index contributed by atoms with van der Waals surface area (Å²) < 4.78 is 5.75. The van der Waals surface area contributed by atoms with Gasteiger partial charge in [-0.05, 0) is 78.9 Å². The first-order valence-corrected chi connectivity index (χ1v) is 10.8. The summed E-state index contributed by atoms with van der Waals surface area (Å²) in [6.07, 6.45) is 5.04. The number of benzene rings is 3. The van der Waals surface area contributed by atoms with Crippen LogP contribution in [0.1, 0.15) is 10.4 Å². The van der Waals surface area contributed by atoms with Crippen LogP contribution in [-0.2, 0) is 0 Å². The molecule has 0 aliphatic carbocycles. The number of hydrogen-bond acceptors (Lipinski definition) is 5. The average Bonchev–Trinajstić information content (AvgIpc) is 2.91. The molecule has 1 amide bonds. The molecule has 2 heterocycles. The number of carbonyl (C=O) groups excluding carboxylic acids is 1. The molecule has 5 aromatic rings. The van der Waals surface area contributed by atoms with Crippen LogP contribution in [0.3, 0.4) is 0 Å². The Hall–Kier alpha value is -5.22. The molecule has 0 radical (unpaired) electrons. The lowest BCUT2D eigenvalue weighted by atomic mass is 10.1. The summed E-state index contributed by atoms with van der Waals surface area (Å²) in [5, 5.41) is 7.10. The van der Waals surface area contributed by atoms with Crippen molar-refractivity contribution in [3.8, 4) is 11.5 Å². The molecule has 2 aromatic heterocycles. The Morgan fingerprint density at radius 3 is 2.26 bits per heavy atom. The van der Waals surface area contributed by atoms with E-state index in [9.17, 15) is 4.79 Å². The van der Waals surface area contributed by atoms with E-state index in [0.717, 1.165) is 22.3 Å². The lowest BCUT2D eigenvalue weighted by Gasteiger charge is -2.11. The van der Waals surface area contributed by atoms with E-state index in [4.69, 9.17) is 11.3 Å². The Labute approximate surface area is 201 Å². The Kier molecular flexibility index (Phi) is 6.01. The van der Waals surface area contributed by atoms with Crippen molar-refractivity contribution in [3.63, 3.8) is 0 Å². The number of nitrogens with one attached hydrogen (secondary N) is 2. The molecule has 0 spiro atoms. The van der Waals surface area contributed by atoms with Crippen molar-refractivity contribution in [2.75, 3.05) is 10.6 Å².